The maximum atomic E-state index is 14.9. The standard InChI is InChI=1S/C25H26F3N7S/c1-14-20-23(35(15(2)31-20)16-5-3-4-6-16)36-22(14)21-18(26)12-30-24(33-21)32-19-8-7-17(11-29-19)34-10-9-25(27,28)13-34/h7-8,11-12,16H,3-6,9-10,13H2,1-2H3,(H,29,30,32,33). The first kappa shape index (κ1) is 23.2. The van der Waals surface area contributed by atoms with Gasteiger partial charge in [-0.2, -0.15) is 0 Å². The Morgan fingerprint density at radius 3 is 2.58 bits per heavy atom. The molecule has 11 heteroatoms. The summed E-state index contributed by atoms with van der Waals surface area (Å²) < 4.78 is 44.3. The van der Waals surface area contributed by atoms with Gasteiger partial charge in [0, 0.05) is 19.0 Å². The van der Waals surface area contributed by atoms with Crippen LogP contribution in [-0.2, 0) is 0 Å². The molecule has 0 radical (unpaired) electrons. The minimum Gasteiger partial charge on any atom is -0.364 e. The van der Waals surface area contributed by atoms with Crippen LogP contribution in [0.15, 0.2) is 24.5 Å². The van der Waals surface area contributed by atoms with Crippen molar-refractivity contribution in [3.05, 3.63) is 41.7 Å². The Bertz CT molecular complexity index is 1420. The van der Waals surface area contributed by atoms with Gasteiger partial charge in [-0.3, -0.25) is 0 Å². The Balaban J connectivity index is 1.28. The highest BCUT2D eigenvalue weighted by molar-refractivity contribution is 7.22. The van der Waals surface area contributed by atoms with Gasteiger partial charge in [0.25, 0.3) is 5.92 Å². The molecule has 36 heavy (non-hydrogen) atoms. The Kier molecular flexibility index (Phi) is 5.62. The van der Waals surface area contributed by atoms with Gasteiger partial charge in [-0.15, -0.1) is 11.3 Å². The molecule has 4 aromatic rings. The summed E-state index contributed by atoms with van der Waals surface area (Å²) in [4.78, 5) is 21.1. The lowest BCUT2D eigenvalue weighted by molar-refractivity contribution is 0.0257. The van der Waals surface area contributed by atoms with Gasteiger partial charge in [0.15, 0.2) is 5.82 Å². The zero-order chi connectivity index (χ0) is 25.0. The first-order valence-corrected chi connectivity index (χ1v) is 13.0. The van der Waals surface area contributed by atoms with Crippen LogP contribution in [0.5, 0.6) is 0 Å². The van der Waals surface area contributed by atoms with E-state index in [-0.39, 0.29) is 31.2 Å². The molecule has 5 heterocycles. The van der Waals surface area contributed by atoms with Gasteiger partial charge in [-0.05, 0) is 44.4 Å². The maximum Gasteiger partial charge on any atom is 0.266 e. The number of hydrogen-bond donors (Lipinski definition) is 1. The molecule has 0 aromatic carbocycles. The minimum absolute atomic E-state index is 0.159. The van der Waals surface area contributed by atoms with Crippen molar-refractivity contribution in [2.24, 2.45) is 0 Å². The number of nitrogens with zero attached hydrogens (tertiary/aromatic N) is 6. The summed E-state index contributed by atoms with van der Waals surface area (Å²) in [6, 6.07) is 3.85. The zero-order valence-corrected chi connectivity index (χ0v) is 20.9. The Morgan fingerprint density at radius 1 is 1.08 bits per heavy atom. The van der Waals surface area contributed by atoms with Crippen molar-refractivity contribution in [2.45, 2.75) is 57.9 Å². The van der Waals surface area contributed by atoms with Gasteiger partial charge >= 0.3 is 0 Å². The molecule has 1 aliphatic heterocycles. The summed E-state index contributed by atoms with van der Waals surface area (Å²) in [5, 5.41) is 3.00. The predicted octanol–water partition coefficient (Wildman–Crippen LogP) is 6.41. The molecule has 7 nitrogen and oxygen atoms in total. The van der Waals surface area contributed by atoms with Crippen molar-refractivity contribution in [1.29, 1.82) is 0 Å². The number of imidazole rings is 1. The van der Waals surface area contributed by atoms with Crippen LogP contribution >= 0.6 is 11.3 Å². The highest BCUT2D eigenvalue weighted by Crippen LogP contribution is 2.42. The number of nitrogens with one attached hydrogen (secondary N) is 1. The summed E-state index contributed by atoms with van der Waals surface area (Å²) in [5.41, 5.74) is 2.66. The second kappa shape index (κ2) is 8.72. The monoisotopic (exact) mass is 513 g/mol. The van der Waals surface area contributed by atoms with Crippen LogP contribution in [0.4, 0.5) is 30.6 Å². The lowest BCUT2D eigenvalue weighted by Crippen LogP contribution is -2.24. The molecule has 0 atom stereocenters. The van der Waals surface area contributed by atoms with Crippen LogP contribution in [0.3, 0.4) is 0 Å². The number of aryl methyl sites for hydroxylation is 2. The van der Waals surface area contributed by atoms with E-state index in [1.165, 1.54) is 24.2 Å². The van der Waals surface area contributed by atoms with Gasteiger partial charge in [0.1, 0.15) is 27.7 Å². The topological polar surface area (TPSA) is 71.8 Å². The number of thiophene rings is 1. The quantitative estimate of drug-likeness (QED) is 0.333. The molecular formula is C25H26F3N7S. The van der Waals surface area contributed by atoms with Gasteiger partial charge < -0.3 is 14.8 Å². The average molecular weight is 514 g/mol. The van der Waals surface area contributed by atoms with E-state index in [1.807, 2.05) is 13.8 Å². The highest BCUT2D eigenvalue weighted by Gasteiger charge is 2.38. The number of anilines is 3. The zero-order valence-electron chi connectivity index (χ0n) is 20.1. The molecule has 1 aliphatic carbocycles. The van der Waals surface area contributed by atoms with E-state index in [0.717, 1.165) is 45.7 Å². The van der Waals surface area contributed by atoms with Crippen LogP contribution in [0.25, 0.3) is 20.9 Å². The fourth-order valence-electron chi connectivity index (χ4n) is 5.27. The summed E-state index contributed by atoms with van der Waals surface area (Å²) in [7, 11) is 0. The number of pyridine rings is 1. The molecule has 1 N–H and O–H groups in total. The number of fused-ring (bicyclic) bond motifs is 1. The van der Waals surface area contributed by atoms with Crippen LogP contribution in [0.1, 0.15) is 49.5 Å². The molecule has 0 bridgehead atoms. The van der Waals surface area contributed by atoms with Gasteiger partial charge in [-0.1, -0.05) is 12.8 Å². The third-order valence-corrected chi connectivity index (χ3v) is 8.40. The molecule has 0 spiro atoms. The van der Waals surface area contributed by atoms with Gasteiger partial charge in [-0.25, -0.2) is 33.1 Å². The van der Waals surface area contributed by atoms with E-state index in [0.29, 0.717) is 17.5 Å². The third-order valence-electron chi connectivity index (χ3n) is 7.11. The fraction of sp³-hybridized carbons (Fsp3) is 0.440. The van der Waals surface area contributed by atoms with E-state index < -0.39 is 11.7 Å². The first-order valence-electron chi connectivity index (χ1n) is 12.2. The smallest absolute Gasteiger partial charge is 0.266 e. The van der Waals surface area contributed by atoms with Crippen molar-refractivity contribution in [2.75, 3.05) is 23.3 Å². The highest BCUT2D eigenvalue weighted by atomic mass is 32.1. The second-order valence-electron chi connectivity index (χ2n) is 9.62. The van der Waals surface area contributed by atoms with Gasteiger partial charge in [0.2, 0.25) is 5.95 Å². The van der Waals surface area contributed by atoms with Crippen molar-refractivity contribution >= 4 is 39.1 Å². The summed E-state index contributed by atoms with van der Waals surface area (Å²) in [5.74, 6) is -1.53. The van der Waals surface area contributed by atoms with Crippen LogP contribution < -0.4 is 10.2 Å². The van der Waals surface area contributed by atoms with Crippen LogP contribution in [-0.4, -0.2) is 43.5 Å². The third kappa shape index (κ3) is 4.08. The molecule has 4 aromatic heterocycles. The minimum atomic E-state index is -2.67. The number of aromatic nitrogens is 5. The Hall–Kier alpha value is -3.21. The van der Waals surface area contributed by atoms with Gasteiger partial charge in [0.05, 0.1) is 29.5 Å². The molecule has 2 fully saturated rings. The molecule has 188 valence electrons. The molecule has 1 saturated heterocycles. The van der Waals surface area contributed by atoms with Crippen molar-refractivity contribution in [3.63, 3.8) is 0 Å². The van der Waals surface area contributed by atoms with Crippen LogP contribution in [0, 0.1) is 19.7 Å². The van der Waals surface area contributed by atoms with Crippen molar-refractivity contribution < 1.29 is 13.2 Å². The average Bonchev–Trinajstić information content (AvgIpc) is 3.62. The normalized spacial score (nSPS) is 18.0. The summed E-state index contributed by atoms with van der Waals surface area (Å²) in [6.45, 7) is 3.97. The van der Waals surface area contributed by atoms with E-state index >= 15 is 0 Å². The summed E-state index contributed by atoms with van der Waals surface area (Å²) >= 11 is 1.52. The van der Waals surface area contributed by atoms with E-state index in [2.05, 4.69) is 24.8 Å². The summed E-state index contributed by atoms with van der Waals surface area (Å²) in [6.07, 6.45) is 7.25. The first-order chi connectivity index (χ1) is 17.3. The SMILES string of the molecule is Cc1c(-c2nc(Nc3ccc(N4CCC(F)(F)C4)cn3)ncc2F)sc2c1nc(C)n2C1CCCC1. The largest absolute Gasteiger partial charge is 0.364 e. The molecule has 6 rings (SSSR count). The van der Waals surface area contributed by atoms with Crippen molar-refractivity contribution in [3.8, 4) is 10.6 Å². The Morgan fingerprint density at radius 2 is 1.89 bits per heavy atom. The number of halogens is 3. The predicted molar refractivity (Wildman–Crippen MR) is 135 cm³/mol. The lowest BCUT2D eigenvalue weighted by Gasteiger charge is -2.18. The molecule has 0 unspecified atom stereocenters. The molecule has 0 amide bonds. The van der Waals surface area contributed by atoms with E-state index in [1.54, 1.807) is 23.2 Å². The fourth-order valence-corrected chi connectivity index (χ4v) is 6.63. The van der Waals surface area contributed by atoms with E-state index in [9.17, 15) is 13.2 Å². The molecule has 1 saturated carbocycles. The van der Waals surface area contributed by atoms with E-state index in [4.69, 9.17) is 4.98 Å². The maximum absolute atomic E-state index is 14.9. The second-order valence-corrected chi connectivity index (χ2v) is 10.6. The molecular weight excluding hydrogens is 487 g/mol. The molecule has 2 aliphatic rings. The number of rotatable bonds is 5. The lowest BCUT2D eigenvalue weighted by atomic mass is 10.2. The Labute approximate surface area is 210 Å². The number of hydrogen-bond acceptors (Lipinski definition) is 7. The number of alkyl halides is 2. The van der Waals surface area contributed by atoms with Crippen LogP contribution in [0.2, 0.25) is 0 Å². The van der Waals surface area contributed by atoms with Crippen molar-refractivity contribution in [1.82, 2.24) is 24.5 Å².